The first-order valence-electron chi connectivity index (χ1n) is 28.6. The van der Waals surface area contributed by atoms with Gasteiger partial charge in [0.25, 0.3) is 0 Å². The zero-order chi connectivity index (χ0) is 50.3. The van der Waals surface area contributed by atoms with E-state index in [1.165, 1.54) is 193 Å². The Hall–Kier alpha value is -1.42. The SMILES string of the molecule is CCCCC/C=C\C/C=C\CCCCCCCCCCCCOCC(COC1OC(CO)C(O)C(OS(=O)(=O)O)C1O)OC(=O)CCCCCCCCCCCCCCCCCCCCCCCC. The minimum absolute atomic E-state index is 0.0386. The molecule has 0 aromatic carbocycles. The minimum Gasteiger partial charge on any atom is -0.457 e. The van der Waals surface area contributed by atoms with Crippen LogP contribution in [-0.2, 0) is 38.3 Å². The van der Waals surface area contributed by atoms with E-state index >= 15 is 0 Å². The van der Waals surface area contributed by atoms with E-state index in [9.17, 15) is 33.1 Å². The summed E-state index contributed by atoms with van der Waals surface area (Å²) in [4.78, 5) is 13.0. The molecule has 0 bridgehead atoms. The van der Waals surface area contributed by atoms with Crippen LogP contribution < -0.4 is 0 Å². The van der Waals surface area contributed by atoms with Gasteiger partial charge in [-0.3, -0.25) is 9.35 Å². The van der Waals surface area contributed by atoms with Crippen molar-refractivity contribution in [2.24, 2.45) is 0 Å². The van der Waals surface area contributed by atoms with E-state index < -0.39 is 59.8 Å². The highest BCUT2D eigenvalue weighted by Crippen LogP contribution is 2.26. The van der Waals surface area contributed by atoms with Gasteiger partial charge < -0.3 is 34.3 Å². The molecule has 0 aliphatic carbocycles. The van der Waals surface area contributed by atoms with Gasteiger partial charge in [-0.15, -0.1) is 0 Å². The lowest BCUT2D eigenvalue weighted by atomic mass is 9.99. The second-order valence-electron chi connectivity index (χ2n) is 19.9. The molecule has 69 heavy (non-hydrogen) atoms. The molecule has 0 radical (unpaired) electrons. The van der Waals surface area contributed by atoms with Crippen molar-refractivity contribution in [3.63, 3.8) is 0 Å². The molecule has 1 fully saturated rings. The molecule has 0 aromatic heterocycles. The standard InChI is InChI=1S/C56H106O12S/c1-3-5-7-9-11-13-15-17-19-21-23-25-26-27-29-31-33-35-37-39-41-43-45-52(58)66-50(49-65-56-54(60)55(68-69(61,62)63)53(59)51(47-57)67-56)48-64-46-44-42-40-38-36-34-32-30-28-24-22-20-18-16-14-12-10-8-6-4-2/h12,14,18,20,50-51,53-57,59-60H,3-11,13,15-17,19,21-49H2,1-2H3,(H,61,62,63)/b14-12-,20-18-. The van der Waals surface area contributed by atoms with Crippen molar-refractivity contribution in [1.82, 2.24) is 0 Å². The van der Waals surface area contributed by atoms with Crippen LogP contribution in [0.1, 0.15) is 264 Å². The number of ether oxygens (including phenoxy) is 4. The summed E-state index contributed by atoms with van der Waals surface area (Å²) >= 11 is 0. The molecule has 6 unspecified atom stereocenters. The van der Waals surface area contributed by atoms with Crippen molar-refractivity contribution in [1.29, 1.82) is 0 Å². The summed E-state index contributed by atoms with van der Waals surface area (Å²) in [7, 11) is -5.06. The molecule has 13 heteroatoms. The normalized spacial score (nSPS) is 19.3. The maximum Gasteiger partial charge on any atom is 0.397 e. The number of hydrogen-bond acceptors (Lipinski definition) is 11. The van der Waals surface area contributed by atoms with E-state index in [1.807, 2.05) is 0 Å². The van der Waals surface area contributed by atoms with Crippen LogP contribution in [0.25, 0.3) is 0 Å². The average molecular weight is 1000 g/mol. The summed E-state index contributed by atoms with van der Waals surface area (Å²) < 4.78 is 59.4. The first kappa shape index (κ1) is 65.6. The van der Waals surface area contributed by atoms with Crippen LogP contribution in [0, 0.1) is 0 Å². The van der Waals surface area contributed by atoms with E-state index in [4.69, 9.17) is 18.9 Å². The summed E-state index contributed by atoms with van der Waals surface area (Å²) in [5.41, 5.74) is 0. The number of allylic oxidation sites excluding steroid dienone is 4. The number of esters is 1. The van der Waals surface area contributed by atoms with Gasteiger partial charge >= 0.3 is 16.4 Å². The molecule has 4 N–H and O–H groups in total. The fourth-order valence-electron chi connectivity index (χ4n) is 9.00. The molecule has 12 nitrogen and oxygen atoms in total. The fourth-order valence-corrected chi connectivity index (χ4v) is 9.51. The number of aliphatic hydroxyl groups is 3. The molecule has 6 atom stereocenters. The lowest BCUT2D eigenvalue weighted by Crippen LogP contribution is -2.60. The van der Waals surface area contributed by atoms with Gasteiger partial charge in [-0.1, -0.05) is 237 Å². The molecule has 1 saturated heterocycles. The summed E-state index contributed by atoms with van der Waals surface area (Å²) in [5, 5.41) is 30.8. The maximum absolute atomic E-state index is 13.0. The highest BCUT2D eigenvalue weighted by Gasteiger charge is 2.48. The van der Waals surface area contributed by atoms with Crippen molar-refractivity contribution in [3.8, 4) is 0 Å². The number of unbranched alkanes of at least 4 members (excludes halogenated alkanes) is 34. The third kappa shape index (κ3) is 40.7. The van der Waals surface area contributed by atoms with Crippen LogP contribution in [-0.4, -0.2) is 97.5 Å². The highest BCUT2D eigenvalue weighted by atomic mass is 32.3. The van der Waals surface area contributed by atoms with Crippen molar-refractivity contribution in [2.75, 3.05) is 26.4 Å². The summed E-state index contributed by atoms with van der Waals surface area (Å²) in [6, 6.07) is 0. The Morgan fingerprint density at radius 1 is 0.551 bits per heavy atom. The molecule has 0 aromatic rings. The van der Waals surface area contributed by atoms with Crippen molar-refractivity contribution >= 4 is 16.4 Å². The van der Waals surface area contributed by atoms with Gasteiger partial charge in [0.05, 0.1) is 19.8 Å². The van der Waals surface area contributed by atoms with E-state index in [1.54, 1.807) is 0 Å². The second kappa shape index (κ2) is 47.6. The zero-order valence-electron chi connectivity index (χ0n) is 44.1. The molecule has 1 heterocycles. The predicted octanol–water partition coefficient (Wildman–Crippen LogP) is 13.9. The Kier molecular flexibility index (Phi) is 45.2. The lowest BCUT2D eigenvalue weighted by molar-refractivity contribution is -0.301. The Morgan fingerprint density at radius 3 is 1.41 bits per heavy atom. The summed E-state index contributed by atoms with van der Waals surface area (Å²) in [6.45, 7) is 4.02. The van der Waals surface area contributed by atoms with Gasteiger partial charge in [0.1, 0.15) is 30.5 Å². The van der Waals surface area contributed by atoms with Crippen molar-refractivity contribution < 1.29 is 56.2 Å². The predicted molar refractivity (Wildman–Crippen MR) is 281 cm³/mol. The van der Waals surface area contributed by atoms with Crippen LogP contribution in [0.15, 0.2) is 24.3 Å². The molecule has 408 valence electrons. The van der Waals surface area contributed by atoms with Gasteiger partial charge in [0.2, 0.25) is 0 Å². The average Bonchev–Trinajstić information content (AvgIpc) is 3.32. The third-order valence-corrected chi connectivity index (χ3v) is 13.8. The number of carbonyl (C=O) groups is 1. The largest absolute Gasteiger partial charge is 0.457 e. The molecule has 0 saturated carbocycles. The molecule has 1 rings (SSSR count). The topological polar surface area (TPSA) is 178 Å². The quantitative estimate of drug-likeness (QED) is 0.0196. The van der Waals surface area contributed by atoms with Crippen LogP contribution in [0.3, 0.4) is 0 Å². The Labute approximate surface area is 422 Å². The molecular weight excluding hydrogens is 897 g/mol. The Morgan fingerprint density at radius 2 is 0.957 bits per heavy atom. The minimum atomic E-state index is -5.06. The number of hydrogen-bond donors (Lipinski definition) is 4. The summed E-state index contributed by atoms with van der Waals surface area (Å²) in [6.07, 6.45) is 47.8. The third-order valence-electron chi connectivity index (χ3n) is 13.3. The number of carbonyl (C=O) groups excluding carboxylic acids is 1. The fraction of sp³-hybridized carbons (Fsp3) is 0.911. The second-order valence-corrected chi connectivity index (χ2v) is 20.9. The van der Waals surface area contributed by atoms with Crippen LogP contribution >= 0.6 is 0 Å². The first-order valence-corrected chi connectivity index (χ1v) is 30.0. The van der Waals surface area contributed by atoms with Crippen LogP contribution in [0.2, 0.25) is 0 Å². The van der Waals surface area contributed by atoms with Crippen LogP contribution in [0.4, 0.5) is 0 Å². The number of rotatable bonds is 51. The van der Waals surface area contributed by atoms with E-state index in [-0.39, 0.29) is 19.6 Å². The van der Waals surface area contributed by atoms with Gasteiger partial charge in [-0.05, 0) is 44.9 Å². The van der Waals surface area contributed by atoms with E-state index in [0.717, 1.165) is 44.9 Å². The molecule has 1 aliphatic rings. The first-order chi connectivity index (χ1) is 33.6. The van der Waals surface area contributed by atoms with Gasteiger partial charge in [0, 0.05) is 13.0 Å². The molecule has 0 amide bonds. The lowest BCUT2D eigenvalue weighted by Gasteiger charge is -2.41. The Balaban J connectivity index is 2.29. The highest BCUT2D eigenvalue weighted by molar-refractivity contribution is 7.80. The maximum atomic E-state index is 13.0. The van der Waals surface area contributed by atoms with Crippen molar-refractivity contribution in [3.05, 3.63) is 24.3 Å². The molecule has 0 spiro atoms. The van der Waals surface area contributed by atoms with E-state index in [0.29, 0.717) is 13.0 Å². The molecular formula is C56H106O12S. The zero-order valence-corrected chi connectivity index (χ0v) is 45.0. The summed E-state index contributed by atoms with van der Waals surface area (Å²) in [5.74, 6) is -0.394. The Bertz CT molecular complexity index is 1300. The molecule has 1 aliphatic heterocycles. The van der Waals surface area contributed by atoms with E-state index in [2.05, 4.69) is 42.3 Å². The monoisotopic (exact) mass is 1000 g/mol. The van der Waals surface area contributed by atoms with Crippen LogP contribution in [0.5, 0.6) is 0 Å². The smallest absolute Gasteiger partial charge is 0.397 e. The van der Waals surface area contributed by atoms with Crippen molar-refractivity contribution in [2.45, 2.75) is 301 Å². The van der Waals surface area contributed by atoms with Gasteiger partial charge in [-0.25, -0.2) is 4.18 Å². The number of aliphatic hydroxyl groups excluding tert-OH is 3. The van der Waals surface area contributed by atoms with Gasteiger partial charge in [-0.2, -0.15) is 8.42 Å². The van der Waals surface area contributed by atoms with Gasteiger partial charge in [0.15, 0.2) is 6.29 Å².